The quantitative estimate of drug-likeness (QED) is 0.375. The van der Waals surface area contributed by atoms with Crippen molar-refractivity contribution in [1.82, 2.24) is 10.2 Å². The Kier molecular flexibility index (Phi) is 9.46. The average molecular weight is 564 g/mol. The third-order valence-corrected chi connectivity index (χ3v) is 8.31. The largest absolute Gasteiger partial charge is 0.350 e. The summed E-state index contributed by atoms with van der Waals surface area (Å²) in [6.07, 6.45) is 0. The van der Waals surface area contributed by atoms with E-state index in [2.05, 4.69) is 5.32 Å². The molecule has 3 aromatic carbocycles. The minimum atomic E-state index is -4.10. The van der Waals surface area contributed by atoms with Crippen molar-refractivity contribution in [2.24, 2.45) is 0 Å². The van der Waals surface area contributed by atoms with Gasteiger partial charge in [-0.3, -0.25) is 13.9 Å². The Morgan fingerprint density at radius 1 is 0.800 bits per heavy atom. The first-order chi connectivity index (χ1) is 18.6. The van der Waals surface area contributed by atoms with E-state index in [0.717, 1.165) is 32.1 Å². The van der Waals surface area contributed by atoms with Crippen LogP contribution in [0.5, 0.6) is 0 Å². The van der Waals surface area contributed by atoms with Crippen molar-refractivity contribution in [2.75, 3.05) is 10.8 Å². The van der Waals surface area contributed by atoms with Gasteiger partial charge in [0.15, 0.2) is 0 Å². The number of benzene rings is 3. The van der Waals surface area contributed by atoms with Gasteiger partial charge in [0.25, 0.3) is 10.0 Å². The lowest BCUT2D eigenvalue weighted by Gasteiger charge is -2.33. The molecule has 2 amide bonds. The SMILES string of the molecule is Cc1ccc(CN(C(=O)CN(c2cc(C)cc(C)c2)S(=O)(=O)c2ccc(C)cc2)[C@@H](C)C(=O)NC(C)(C)C)cc1. The van der Waals surface area contributed by atoms with E-state index in [9.17, 15) is 18.0 Å². The van der Waals surface area contributed by atoms with Crippen LogP contribution in [0.3, 0.4) is 0 Å². The topological polar surface area (TPSA) is 86.8 Å². The molecule has 0 unspecified atom stereocenters. The predicted molar refractivity (Wildman–Crippen MR) is 161 cm³/mol. The molecule has 40 heavy (non-hydrogen) atoms. The molecule has 7 nitrogen and oxygen atoms in total. The fraction of sp³-hybridized carbons (Fsp3) is 0.375. The lowest BCUT2D eigenvalue weighted by atomic mass is 10.1. The maximum atomic E-state index is 14.1. The van der Waals surface area contributed by atoms with Crippen LogP contribution in [0.25, 0.3) is 0 Å². The molecule has 3 rings (SSSR count). The van der Waals surface area contributed by atoms with Gasteiger partial charge in [0, 0.05) is 12.1 Å². The molecule has 0 saturated heterocycles. The number of carbonyl (C=O) groups excluding carboxylic acids is 2. The second kappa shape index (κ2) is 12.3. The molecule has 1 N–H and O–H groups in total. The van der Waals surface area contributed by atoms with Crippen molar-refractivity contribution in [2.45, 2.75) is 78.4 Å². The van der Waals surface area contributed by atoms with Crippen molar-refractivity contribution < 1.29 is 18.0 Å². The van der Waals surface area contributed by atoms with Crippen molar-refractivity contribution in [1.29, 1.82) is 0 Å². The van der Waals surface area contributed by atoms with Crippen LogP contribution in [0.2, 0.25) is 0 Å². The van der Waals surface area contributed by atoms with Crippen LogP contribution in [0.15, 0.2) is 71.6 Å². The molecular formula is C32H41N3O4S. The molecular weight excluding hydrogens is 522 g/mol. The molecule has 0 spiro atoms. The maximum Gasteiger partial charge on any atom is 0.264 e. The first-order valence-electron chi connectivity index (χ1n) is 13.4. The van der Waals surface area contributed by atoms with Crippen LogP contribution in [0.1, 0.15) is 55.5 Å². The Balaban J connectivity index is 2.07. The monoisotopic (exact) mass is 563 g/mol. The molecule has 0 aromatic heterocycles. The minimum absolute atomic E-state index is 0.0914. The van der Waals surface area contributed by atoms with Gasteiger partial charge < -0.3 is 10.2 Å². The van der Waals surface area contributed by atoms with Gasteiger partial charge in [-0.1, -0.05) is 53.6 Å². The van der Waals surface area contributed by atoms with Crippen LogP contribution in [0.4, 0.5) is 5.69 Å². The lowest BCUT2D eigenvalue weighted by molar-refractivity contribution is -0.140. The van der Waals surface area contributed by atoms with E-state index in [0.29, 0.717) is 5.69 Å². The van der Waals surface area contributed by atoms with Gasteiger partial charge in [0.1, 0.15) is 12.6 Å². The van der Waals surface area contributed by atoms with Gasteiger partial charge in [0.2, 0.25) is 11.8 Å². The fourth-order valence-electron chi connectivity index (χ4n) is 4.41. The fourth-order valence-corrected chi connectivity index (χ4v) is 5.81. The minimum Gasteiger partial charge on any atom is -0.350 e. The van der Waals surface area contributed by atoms with Gasteiger partial charge in [-0.2, -0.15) is 0 Å². The number of sulfonamides is 1. The highest BCUT2D eigenvalue weighted by Gasteiger charge is 2.33. The summed E-state index contributed by atoms with van der Waals surface area (Å²) >= 11 is 0. The van der Waals surface area contributed by atoms with Crippen LogP contribution >= 0.6 is 0 Å². The van der Waals surface area contributed by atoms with E-state index in [1.54, 1.807) is 43.3 Å². The zero-order valence-corrected chi connectivity index (χ0v) is 25.6. The van der Waals surface area contributed by atoms with Gasteiger partial charge in [0.05, 0.1) is 10.6 Å². The number of aryl methyl sites for hydroxylation is 4. The third-order valence-electron chi connectivity index (χ3n) is 6.52. The van der Waals surface area contributed by atoms with Gasteiger partial charge in [-0.05, 0) is 96.3 Å². The van der Waals surface area contributed by atoms with Crippen molar-refractivity contribution >= 4 is 27.5 Å². The van der Waals surface area contributed by atoms with Crippen LogP contribution in [-0.4, -0.2) is 43.3 Å². The standard InChI is InChI=1S/C32H41N3O4S/c1-22-9-13-27(14-10-22)20-34(26(5)31(37)33-32(6,7)8)30(36)21-35(28-18-24(3)17-25(4)19-28)40(38,39)29-15-11-23(2)12-16-29/h9-19,26H,20-21H2,1-8H3,(H,33,37)/t26-/m0/s1. The highest BCUT2D eigenvalue weighted by atomic mass is 32.2. The summed E-state index contributed by atoms with van der Waals surface area (Å²) in [5, 5.41) is 2.95. The second-order valence-corrected chi connectivity index (χ2v) is 13.5. The number of amides is 2. The van der Waals surface area contributed by atoms with E-state index in [1.165, 1.54) is 4.90 Å². The van der Waals surface area contributed by atoms with E-state index in [4.69, 9.17) is 0 Å². The first-order valence-corrected chi connectivity index (χ1v) is 14.9. The molecule has 8 heteroatoms. The summed E-state index contributed by atoms with van der Waals surface area (Å²) < 4.78 is 29.1. The smallest absolute Gasteiger partial charge is 0.264 e. The molecule has 0 bridgehead atoms. The van der Waals surface area contributed by atoms with Crippen LogP contribution in [-0.2, 0) is 26.2 Å². The summed E-state index contributed by atoms with van der Waals surface area (Å²) in [7, 11) is -4.10. The molecule has 0 saturated carbocycles. The van der Waals surface area contributed by atoms with E-state index >= 15 is 0 Å². The Morgan fingerprint density at radius 3 is 1.80 bits per heavy atom. The molecule has 0 aliphatic carbocycles. The number of nitrogens with zero attached hydrogens (tertiary/aromatic N) is 2. The van der Waals surface area contributed by atoms with Crippen LogP contribution in [0, 0.1) is 27.7 Å². The van der Waals surface area contributed by atoms with Crippen molar-refractivity contribution in [3.63, 3.8) is 0 Å². The average Bonchev–Trinajstić information content (AvgIpc) is 2.85. The summed E-state index contributed by atoms with van der Waals surface area (Å²) in [6, 6.07) is 18.9. The van der Waals surface area contributed by atoms with Gasteiger partial charge in [-0.25, -0.2) is 8.42 Å². The molecule has 0 aliphatic rings. The number of carbonyl (C=O) groups is 2. The van der Waals surface area contributed by atoms with E-state index in [1.807, 2.05) is 78.8 Å². The van der Waals surface area contributed by atoms with E-state index in [-0.39, 0.29) is 17.3 Å². The molecule has 1 atom stereocenters. The summed E-state index contributed by atoms with van der Waals surface area (Å²) in [5.41, 5.74) is 4.49. The zero-order valence-electron chi connectivity index (χ0n) is 24.8. The number of hydrogen-bond acceptors (Lipinski definition) is 4. The number of hydrogen-bond donors (Lipinski definition) is 1. The Hall–Kier alpha value is -3.65. The highest BCUT2D eigenvalue weighted by Crippen LogP contribution is 2.27. The molecule has 0 radical (unpaired) electrons. The summed E-state index contributed by atoms with van der Waals surface area (Å²) in [6.45, 7) is 14.6. The summed E-state index contributed by atoms with van der Waals surface area (Å²) in [5.74, 6) is -0.792. The molecule has 0 fully saturated rings. The molecule has 0 heterocycles. The van der Waals surface area contributed by atoms with Crippen LogP contribution < -0.4 is 9.62 Å². The number of rotatable bonds is 9. The lowest BCUT2D eigenvalue weighted by Crippen LogP contribution is -2.54. The Morgan fingerprint density at radius 2 is 1.30 bits per heavy atom. The normalized spacial score (nSPS) is 12.5. The van der Waals surface area contributed by atoms with Crippen molar-refractivity contribution in [3.8, 4) is 0 Å². The molecule has 3 aromatic rings. The van der Waals surface area contributed by atoms with Gasteiger partial charge in [-0.15, -0.1) is 0 Å². The second-order valence-electron chi connectivity index (χ2n) is 11.6. The van der Waals surface area contributed by atoms with Gasteiger partial charge >= 0.3 is 0 Å². The first kappa shape index (κ1) is 30.9. The maximum absolute atomic E-state index is 14.1. The Bertz CT molecular complexity index is 1440. The number of nitrogens with one attached hydrogen (secondary N) is 1. The zero-order chi connectivity index (χ0) is 29.8. The molecule has 214 valence electrons. The highest BCUT2D eigenvalue weighted by molar-refractivity contribution is 7.92. The predicted octanol–water partition coefficient (Wildman–Crippen LogP) is 5.45. The molecule has 0 aliphatic heterocycles. The Labute approximate surface area is 239 Å². The van der Waals surface area contributed by atoms with E-state index < -0.39 is 34.1 Å². The van der Waals surface area contributed by atoms with Crippen molar-refractivity contribution in [3.05, 3.63) is 94.5 Å². The summed E-state index contributed by atoms with van der Waals surface area (Å²) in [4.78, 5) is 28.8. The number of anilines is 1. The third kappa shape index (κ3) is 7.94.